The molecule has 0 aromatic heterocycles. The minimum atomic E-state index is -0.0152. The Balaban J connectivity index is 1.63. The van der Waals surface area contributed by atoms with Gasteiger partial charge in [0.2, 0.25) is 5.91 Å². The van der Waals surface area contributed by atoms with Gasteiger partial charge in [0.05, 0.1) is 6.04 Å². The minimum Gasteiger partial charge on any atom is -0.486 e. The summed E-state index contributed by atoms with van der Waals surface area (Å²) >= 11 is 0. The SMILES string of the molecule is CC(C)C(NC(=O)CC(C)C1CCNCC1)c1ccc2c(c1)OCCO2. The van der Waals surface area contributed by atoms with E-state index in [2.05, 4.69) is 31.4 Å². The lowest BCUT2D eigenvalue weighted by atomic mass is 9.84. The highest BCUT2D eigenvalue weighted by Crippen LogP contribution is 2.34. The van der Waals surface area contributed by atoms with Crippen LogP contribution in [0.3, 0.4) is 0 Å². The van der Waals surface area contributed by atoms with Crippen molar-refractivity contribution in [2.45, 2.75) is 46.1 Å². The van der Waals surface area contributed by atoms with Gasteiger partial charge >= 0.3 is 0 Å². The molecule has 0 saturated carbocycles. The molecule has 1 fully saturated rings. The van der Waals surface area contributed by atoms with Crippen LogP contribution in [0.1, 0.15) is 51.6 Å². The lowest BCUT2D eigenvalue weighted by Crippen LogP contribution is -2.36. The molecule has 2 aliphatic heterocycles. The highest BCUT2D eigenvalue weighted by Gasteiger charge is 2.25. The van der Waals surface area contributed by atoms with Crippen molar-refractivity contribution in [2.24, 2.45) is 17.8 Å². The lowest BCUT2D eigenvalue weighted by Gasteiger charge is -2.29. The molecule has 0 spiro atoms. The van der Waals surface area contributed by atoms with Gasteiger partial charge in [-0.3, -0.25) is 4.79 Å². The Labute approximate surface area is 156 Å². The zero-order valence-corrected chi connectivity index (χ0v) is 16.2. The maximum absolute atomic E-state index is 12.7. The van der Waals surface area contributed by atoms with Gasteiger partial charge in [-0.25, -0.2) is 0 Å². The van der Waals surface area contributed by atoms with Crippen molar-refractivity contribution in [1.82, 2.24) is 10.6 Å². The number of fused-ring (bicyclic) bond motifs is 1. The molecule has 2 N–H and O–H groups in total. The molecule has 1 aromatic carbocycles. The third-order valence-electron chi connectivity index (χ3n) is 5.60. The largest absolute Gasteiger partial charge is 0.486 e. The van der Waals surface area contributed by atoms with Crippen molar-refractivity contribution in [3.05, 3.63) is 23.8 Å². The summed E-state index contributed by atoms with van der Waals surface area (Å²) in [6, 6.07) is 5.98. The summed E-state index contributed by atoms with van der Waals surface area (Å²) in [7, 11) is 0. The predicted molar refractivity (Wildman–Crippen MR) is 103 cm³/mol. The van der Waals surface area contributed by atoms with E-state index >= 15 is 0 Å². The summed E-state index contributed by atoms with van der Waals surface area (Å²) in [5, 5.41) is 6.65. The number of amides is 1. The molecular weight excluding hydrogens is 328 g/mol. The van der Waals surface area contributed by atoms with Crippen LogP contribution in [0.4, 0.5) is 0 Å². The van der Waals surface area contributed by atoms with E-state index in [0.717, 1.165) is 30.2 Å². The quantitative estimate of drug-likeness (QED) is 0.817. The van der Waals surface area contributed by atoms with Gasteiger partial charge in [-0.1, -0.05) is 26.8 Å². The highest BCUT2D eigenvalue weighted by atomic mass is 16.6. The van der Waals surface area contributed by atoms with E-state index in [-0.39, 0.29) is 11.9 Å². The maximum atomic E-state index is 12.7. The number of hydrogen-bond donors (Lipinski definition) is 2. The smallest absolute Gasteiger partial charge is 0.220 e. The first-order chi connectivity index (χ1) is 12.5. The summed E-state index contributed by atoms with van der Waals surface area (Å²) in [5.74, 6) is 3.07. The van der Waals surface area contributed by atoms with E-state index in [0.29, 0.717) is 37.4 Å². The van der Waals surface area contributed by atoms with Crippen LogP contribution in [0.2, 0.25) is 0 Å². The number of benzene rings is 1. The third-order valence-corrected chi connectivity index (χ3v) is 5.60. The van der Waals surface area contributed by atoms with Gasteiger partial charge in [-0.15, -0.1) is 0 Å². The molecule has 2 heterocycles. The van der Waals surface area contributed by atoms with Crippen LogP contribution in [0, 0.1) is 17.8 Å². The Kier molecular flexibility index (Phi) is 6.41. The fourth-order valence-electron chi connectivity index (χ4n) is 3.99. The van der Waals surface area contributed by atoms with Gasteiger partial charge in [0.25, 0.3) is 0 Å². The number of rotatable bonds is 6. The Bertz CT molecular complexity index is 611. The van der Waals surface area contributed by atoms with Crippen molar-refractivity contribution >= 4 is 5.91 Å². The molecule has 1 aromatic rings. The monoisotopic (exact) mass is 360 g/mol. The van der Waals surface area contributed by atoms with Gasteiger partial charge in [0.1, 0.15) is 13.2 Å². The van der Waals surface area contributed by atoms with Gasteiger partial charge < -0.3 is 20.1 Å². The number of carbonyl (C=O) groups excluding carboxylic acids is 1. The number of hydrogen-bond acceptors (Lipinski definition) is 4. The van der Waals surface area contributed by atoms with Crippen LogP contribution in [-0.2, 0) is 4.79 Å². The molecule has 144 valence electrons. The first-order valence-electron chi connectivity index (χ1n) is 9.94. The van der Waals surface area contributed by atoms with Crippen molar-refractivity contribution in [1.29, 1.82) is 0 Å². The van der Waals surface area contributed by atoms with Gasteiger partial charge in [-0.2, -0.15) is 0 Å². The summed E-state index contributed by atoms with van der Waals surface area (Å²) in [5.41, 5.74) is 1.08. The van der Waals surface area contributed by atoms with Crippen molar-refractivity contribution in [2.75, 3.05) is 26.3 Å². The molecule has 0 bridgehead atoms. The summed E-state index contributed by atoms with van der Waals surface area (Å²) in [6.45, 7) is 9.79. The zero-order valence-electron chi connectivity index (χ0n) is 16.2. The highest BCUT2D eigenvalue weighted by molar-refractivity contribution is 5.76. The normalized spacial score (nSPS) is 19.8. The first-order valence-corrected chi connectivity index (χ1v) is 9.94. The van der Waals surface area contributed by atoms with Crippen LogP contribution in [-0.4, -0.2) is 32.2 Å². The molecule has 3 rings (SSSR count). The molecule has 5 nitrogen and oxygen atoms in total. The van der Waals surface area contributed by atoms with Crippen LogP contribution >= 0.6 is 0 Å². The van der Waals surface area contributed by atoms with Gasteiger partial charge in [-0.05, 0) is 61.4 Å². The molecule has 1 saturated heterocycles. The lowest BCUT2D eigenvalue weighted by molar-refractivity contribution is -0.123. The Morgan fingerprint density at radius 2 is 1.85 bits per heavy atom. The maximum Gasteiger partial charge on any atom is 0.220 e. The number of piperidine rings is 1. The second-order valence-electron chi connectivity index (χ2n) is 7.96. The molecule has 2 aliphatic rings. The molecule has 1 amide bonds. The Morgan fingerprint density at radius 1 is 1.15 bits per heavy atom. The summed E-state index contributed by atoms with van der Waals surface area (Å²) < 4.78 is 11.3. The average Bonchev–Trinajstić information content (AvgIpc) is 2.66. The van der Waals surface area contributed by atoms with E-state index < -0.39 is 0 Å². The standard InChI is InChI=1S/C21H32N2O3/c1-14(2)21(17-4-5-18-19(13-17)26-11-10-25-18)23-20(24)12-15(3)16-6-8-22-9-7-16/h4-5,13-16,21-22H,6-12H2,1-3H3,(H,23,24). The Hall–Kier alpha value is -1.75. The van der Waals surface area contributed by atoms with Crippen LogP contribution < -0.4 is 20.1 Å². The topological polar surface area (TPSA) is 59.6 Å². The molecule has 2 unspecified atom stereocenters. The van der Waals surface area contributed by atoms with Gasteiger partial charge in [0.15, 0.2) is 11.5 Å². The molecular formula is C21H32N2O3. The second-order valence-corrected chi connectivity index (χ2v) is 7.96. The Morgan fingerprint density at radius 3 is 2.54 bits per heavy atom. The van der Waals surface area contributed by atoms with Gasteiger partial charge in [0, 0.05) is 6.42 Å². The van der Waals surface area contributed by atoms with E-state index in [1.54, 1.807) is 0 Å². The van der Waals surface area contributed by atoms with Crippen molar-refractivity contribution < 1.29 is 14.3 Å². The fraction of sp³-hybridized carbons (Fsp3) is 0.667. The van der Waals surface area contributed by atoms with E-state index in [1.165, 1.54) is 12.8 Å². The first kappa shape index (κ1) is 19.0. The number of carbonyl (C=O) groups is 1. The zero-order chi connectivity index (χ0) is 18.5. The molecule has 5 heteroatoms. The molecule has 2 atom stereocenters. The average molecular weight is 360 g/mol. The van der Waals surface area contributed by atoms with Crippen molar-refractivity contribution in [3.8, 4) is 11.5 Å². The minimum absolute atomic E-state index is 0.0152. The van der Waals surface area contributed by atoms with E-state index in [9.17, 15) is 4.79 Å². The number of ether oxygens (including phenoxy) is 2. The summed E-state index contributed by atoms with van der Waals surface area (Å²) in [4.78, 5) is 12.7. The van der Waals surface area contributed by atoms with Crippen molar-refractivity contribution in [3.63, 3.8) is 0 Å². The molecule has 26 heavy (non-hydrogen) atoms. The van der Waals surface area contributed by atoms with Crippen LogP contribution in [0.25, 0.3) is 0 Å². The predicted octanol–water partition coefficient (Wildman–Crippen LogP) is 3.30. The van der Waals surface area contributed by atoms with Crippen LogP contribution in [0.5, 0.6) is 11.5 Å². The van der Waals surface area contributed by atoms with Crippen LogP contribution in [0.15, 0.2) is 18.2 Å². The molecule has 0 radical (unpaired) electrons. The summed E-state index contributed by atoms with van der Waals surface area (Å²) in [6.07, 6.45) is 2.94. The molecule has 0 aliphatic carbocycles. The fourth-order valence-corrected chi connectivity index (χ4v) is 3.99. The van der Waals surface area contributed by atoms with E-state index in [4.69, 9.17) is 9.47 Å². The third kappa shape index (κ3) is 4.70. The second kappa shape index (κ2) is 8.76. The number of nitrogens with one attached hydrogen (secondary N) is 2. The van der Waals surface area contributed by atoms with E-state index in [1.807, 2.05) is 18.2 Å².